The Morgan fingerprint density at radius 2 is 2.11 bits per heavy atom. The number of carbonyl (C=O) groups excluding carboxylic acids is 1. The lowest BCUT2D eigenvalue weighted by Gasteiger charge is -2.33. The monoisotopic (exact) mass is 414 g/mol. The molecule has 0 bridgehead atoms. The third-order valence-electron chi connectivity index (χ3n) is 5.04. The number of amides is 1. The van der Waals surface area contributed by atoms with Crippen molar-refractivity contribution in [2.45, 2.75) is 37.3 Å². The Kier molecular flexibility index (Phi) is 5.77. The van der Waals surface area contributed by atoms with Crippen molar-refractivity contribution in [1.82, 2.24) is 19.2 Å². The van der Waals surface area contributed by atoms with Crippen molar-refractivity contribution < 1.29 is 9.53 Å². The minimum Gasteiger partial charge on any atom is -0.497 e. The number of carbonyl (C=O) groups is 1. The lowest BCUT2D eigenvalue weighted by molar-refractivity contribution is -0.131. The van der Waals surface area contributed by atoms with Crippen LogP contribution in [0.3, 0.4) is 0 Å². The van der Waals surface area contributed by atoms with Gasteiger partial charge in [-0.25, -0.2) is 9.97 Å². The van der Waals surface area contributed by atoms with E-state index < -0.39 is 0 Å². The van der Waals surface area contributed by atoms with Crippen LogP contribution in [0.4, 0.5) is 0 Å². The first-order valence-electron chi connectivity index (χ1n) is 9.34. The minimum absolute atomic E-state index is 0.184. The molecule has 1 aromatic carbocycles. The first kappa shape index (κ1) is 19.1. The largest absolute Gasteiger partial charge is 0.497 e. The molecule has 2 aromatic heterocycles. The predicted molar refractivity (Wildman–Crippen MR) is 113 cm³/mol. The number of thioether (sulfide) groups is 1. The first-order chi connectivity index (χ1) is 13.7. The highest BCUT2D eigenvalue weighted by molar-refractivity contribution is 8.00. The quantitative estimate of drug-likeness (QED) is 0.459. The van der Waals surface area contributed by atoms with Crippen LogP contribution in [-0.4, -0.2) is 50.6 Å². The van der Waals surface area contributed by atoms with Gasteiger partial charge in [-0.15, -0.1) is 0 Å². The molecule has 1 aliphatic heterocycles. The van der Waals surface area contributed by atoms with Gasteiger partial charge in [-0.1, -0.05) is 11.8 Å². The smallest absolute Gasteiger partial charge is 0.233 e. The number of fused-ring (bicyclic) bond motifs is 1. The summed E-state index contributed by atoms with van der Waals surface area (Å²) in [6, 6.07) is 8.11. The van der Waals surface area contributed by atoms with E-state index >= 15 is 0 Å². The maximum Gasteiger partial charge on any atom is 0.233 e. The van der Waals surface area contributed by atoms with E-state index in [9.17, 15) is 4.79 Å². The van der Waals surface area contributed by atoms with Gasteiger partial charge in [0.1, 0.15) is 33.0 Å². The summed E-state index contributed by atoms with van der Waals surface area (Å²) < 4.78 is 10.8. The fourth-order valence-corrected chi connectivity index (χ4v) is 5.27. The number of piperidine rings is 1. The van der Waals surface area contributed by atoms with Crippen LogP contribution in [0.25, 0.3) is 21.5 Å². The molecule has 146 valence electrons. The summed E-state index contributed by atoms with van der Waals surface area (Å²) in [5.74, 6) is 1.38. The van der Waals surface area contributed by atoms with E-state index in [1.807, 2.05) is 29.2 Å². The third-order valence-corrected chi connectivity index (χ3v) is 6.99. The molecule has 1 fully saturated rings. The molecule has 8 heteroatoms. The van der Waals surface area contributed by atoms with Crippen molar-refractivity contribution in [3.05, 3.63) is 30.6 Å². The van der Waals surface area contributed by atoms with Gasteiger partial charge >= 0.3 is 0 Å². The maximum atomic E-state index is 12.6. The second kappa shape index (κ2) is 8.45. The number of benzene rings is 1. The van der Waals surface area contributed by atoms with Crippen molar-refractivity contribution >= 4 is 39.4 Å². The van der Waals surface area contributed by atoms with Crippen LogP contribution in [0.2, 0.25) is 0 Å². The number of hydrogen-bond donors (Lipinski definition) is 0. The summed E-state index contributed by atoms with van der Waals surface area (Å²) in [7, 11) is 1.65. The zero-order chi connectivity index (χ0) is 19.5. The van der Waals surface area contributed by atoms with Crippen LogP contribution < -0.4 is 4.74 Å². The number of methoxy groups -OCH3 is 1. The highest BCUT2D eigenvalue weighted by atomic mass is 32.2. The van der Waals surface area contributed by atoms with Gasteiger partial charge in [0.05, 0.1) is 12.9 Å². The normalized spacial score (nSPS) is 17.1. The summed E-state index contributed by atoms with van der Waals surface area (Å²) in [5, 5.41) is 0.820. The average molecular weight is 415 g/mol. The number of ether oxygens (including phenoxy) is 1. The Morgan fingerprint density at radius 1 is 1.29 bits per heavy atom. The van der Waals surface area contributed by atoms with Gasteiger partial charge in [-0.05, 0) is 62.0 Å². The van der Waals surface area contributed by atoms with Gasteiger partial charge < -0.3 is 9.64 Å². The molecule has 1 amide bonds. The van der Waals surface area contributed by atoms with Gasteiger partial charge in [0.2, 0.25) is 5.91 Å². The van der Waals surface area contributed by atoms with Gasteiger partial charge in [-0.3, -0.25) is 4.79 Å². The van der Waals surface area contributed by atoms with Crippen LogP contribution in [0.15, 0.2) is 35.6 Å². The molecule has 28 heavy (non-hydrogen) atoms. The number of likely N-dealkylation sites (tertiary alicyclic amines) is 1. The first-order valence-corrected chi connectivity index (χ1v) is 11.1. The molecule has 1 atom stereocenters. The molecule has 0 N–H and O–H groups in total. The molecule has 1 aliphatic rings. The molecule has 0 spiro atoms. The zero-order valence-corrected chi connectivity index (χ0v) is 17.6. The molecule has 0 saturated carbocycles. The summed E-state index contributed by atoms with van der Waals surface area (Å²) in [6.07, 6.45) is 4.95. The second-order valence-corrected chi connectivity index (χ2v) is 8.57. The van der Waals surface area contributed by atoms with Crippen LogP contribution in [-0.2, 0) is 4.79 Å². The van der Waals surface area contributed by atoms with Crippen molar-refractivity contribution in [2.75, 3.05) is 19.4 Å². The third kappa shape index (κ3) is 3.84. The average Bonchev–Trinajstić information content (AvgIpc) is 3.17. The molecular weight excluding hydrogens is 392 g/mol. The Morgan fingerprint density at radius 3 is 2.86 bits per heavy atom. The van der Waals surface area contributed by atoms with Crippen LogP contribution in [0.1, 0.15) is 26.2 Å². The van der Waals surface area contributed by atoms with E-state index in [1.165, 1.54) is 29.7 Å². The van der Waals surface area contributed by atoms with Gasteiger partial charge in [0.25, 0.3) is 0 Å². The van der Waals surface area contributed by atoms with Crippen molar-refractivity contribution in [3.8, 4) is 17.0 Å². The summed E-state index contributed by atoms with van der Waals surface area (Å²) >= 11 is 2.86. The molecule has 1 saturated heterocycles. The maximum absolute atomic E-state index is 12.6. The molecule has 0 unspecified atom stereocenters. The molecular formula is C20H22N4O2S2. The van der Waals surface area contributed by atoms with Crippen LogP contribution in [0.5, 0.6) is 5.75 Å². The van der Waals surface area contributed by atoms with E-state index in [4.69, 9.17) is 4.74 Å². The summed E-state index contributed by atoms with van der Waals surface area (Å²) in [4.78, 5) is 23.5. The Balaban J connectivity index is 1.54. The Hall–Kier alpha value is -2.19. The number of rotatable bonds is 5. The van der Waals surface area contributed by atoms with Gasteiger partial charge in [-0.2, -0.15) is 4.37 Å². The summed E-state index contributed by atoms with van der Waals surface area (Å²) in [6.45, 7) is 3.00. The highest BCUT2D eigenvalue weighted by Gasteiger charge is 2.23. The lowest BCUT2D eigenvalue weighted by atomic mass is 10.0. The van der Waals surface area contributed by atoms with E-state index in [0.29, 0.717) is 11.8 Å². The number of nitrogens with zero attached hydrogens (tertiary/aromatic N) is 4. The Bertz CT molecular complexity index is 974. The van der Waals surface area contributed by atoms with E-state index in [-0.39, 0.29) is 5.91 Å². The Labute approximate surface area is 172 Å². The predicted octanol–water partition coefficient (Wildman–Crippen LogP) is 4.26. The van der Waals surface area contributed by atoms with E-state index in [1.54, 1.807) is 13.4 Å². The van der Waals surface area contributed by atoms with Crippen molar-refractivity contribution in [3.63, 3.8) is 0 Å². The van der Waals surface area contributed by atoms with Crippen LogP contribution in [0, 0.1) is 0 Å². The van der Waals surface area contributed by atoms with Crippen LogP contribution >= 0.6 is 23.3 Å². The molecule has 4 rings (SSSR count). The zero-order valence-electron chi connectivity index (χ0n) is 15.9. The van der Waals surface area contributed by atoms with E-state index in [2.05, 4.69) is 21.3 Å². The standard InChI is InChI=1S/C20H22N4O2S2/c1-13-5-3-4-10-24(13)16(25)11-27-20-19-18(21-12-22-20)17(23-28-19)14-6-8-15(26-2)9-7-14/h6-9,12-13H,3-5,10-11H2,1-2H3/t13-/m0/s1. The molecule has 6 nitrogen and oxygen atoms in total. The fraction of sp³-hybridized carbons (Fsp3) is 0.400. The second-order valence-electron chi connectivity index (χ2n) is 6.84. The number of aromatic nitrogens is 3. The molecule has 3 heterocycles. The SMILES string of the molecule is COc1ccc(-c2nsc3c(SCC(=O)N4CCCC[C@@H]4C)ncnc23)cc1. The highest BCUT2D eigenvalue weighted by Crippen LogP contribution is 2.35. The molecule has 3 aromatic rings. The van der Waals surface area contributed by atoms with E-state index in [0.717, 1.165) is 51.6 Å². The van der Waals surface area contributed by atoms with Crippen molar-refractivity contribution in [2.24, 2.45) is 0 Å². The topological polar surface area (TPSA) is 68.2 Å². The summed E-state index contributed by atoms with van der Waals surface area (Å²) in [5.41, 5.74) is 2.65. The number of hydrogen-bond acceptors (Lipinski definition) is 7. The molecule has 0 radical (unpaired) electrons. The van der Waals surface area contributed by atoms with Gasteiger partial charge in [0.15, 0.2) is 0 Å². The lowest BCUT2D eigenvalue weighted by Crippen LogP contribution is -2.42. The minimum atomic E-state index is 0.184. The van der Waals surface area contributed by atoms with Gasteiger partial charge in [0, 0.05) is 18.2 Å². The molecule has 0 aliphatic carbocycles. The fourth-order valence-electron chi connectivity index (χ4n) is 3.47. The van der Waals surface area contributed by atoms with Crippen molar-refractivity contribution in [1.29, 1.82) is 0 Å².